The van der Waals surface area contributed by atoms with Crippen LogP contribution in [0.5, 0.6) is 0 Å². The molecule has 0 bridgehead atoms. The minimum absolute atomic E-state index is 0.0137. The summed E-state index contributed by atoms with van der Waals surface area (Å²) in [5.74, 6) is 0. The molecule has 1 saturated heterocycles. The van der Waals surface area contributed by atoms with Gasteiger partial charge >= 0.3 is 0 Å². The molecule has 0 aromatic heterocycles. The molecule has 1 aliphatic rings. The fourth-order valence-corrected chi connectivity index (χ4v) is 4.10. The molecule has 5 nitrogen and oxygen atoms in total. The summed E-state index contributed by atoms with van der Waals surface area (Å²) in [6, 6.07) is 0. The Morgan fingerprint density at radius 3 is 2.71 bits per heavy atom. The summed E-state index contributed by atoms with van der Waals surface area (Å²) in [5.41, 5.74) is 0.0871. The van der Waals surface area contributed by atoms with E-state index in [9.17, 15) is 4.57 Å². The molecule has 2 atom stereocenters. The molecule has 0 aromatic rings. The van der Waals surface area contributed by atoms with Crippen LogP contribution in [0.3, 0.4) is 0 Å². The molecule has 0 aliphatic carbocycles. The second kappa shape index (κ2) is 7.49. The van der Waals surface area contributed by atoms with Gasteiger partial charge in [0.15, 0.2) is 0 Å². The van der Waals surface area contributed by atoms with Crippen LogP contribution in [-0.4, -0.2) is 45.1 Å². The molecule has 0 saturated carbocycles. The predicted octanol–water partition coefficient (Wildman–Crippen LogP) is 1.59. The summed E-state index contributed by atoms with van der Waals surface area (Å²) in [5, 5.41) is 6.11. The van der Waals surface area contributed by atoms with Crippen LogP contribution >= 0.6 is 7.52 Å². The maximum Gasteiger partial charge on any atom is 0.272 e. The molecule has 17 heavy (non-hydrogen) atoms. The van der Waals surface area contributed by atoms with Crippen LogP contribution in [-0.2, 0) is 13.8 Å². The smallest absolute Gasteiger partial charge is 0.272 e. The minimum Gasteiger partial charge on any atom is -0.373 e. The number of morpholine rings is 1. The molecule has 1 heterocycles. The van der Waals surface area contributed by atoms with Crippen molar-refractivity contribution in [2.24, 2.45) is 0 Å². The van der Waals surface area contributed by atoms with Gasteiger partial charge in [0.25, 0.3) is 7.52 Å². The average Bonchev–Trinajstić information content (AvgIpc) is 2.39. The fraction of sp³-hybridized carbons (Fsp3) is 1.00. The molecule has 0 aromatic carbocycles. The van der Waals surface area contributed by atoms with Crippen LogP contribution < -0.4 is 10.4 Å². The predicted molar refractivity (Wildman–Crippen MR) is 69.6 cm³/mol. The van der Waals surface area contributed by atoms with Crippen LogP contribution in [0.4, 0.5) is 0 Å². The van der Waals surface area contributed by atoms with Crippen LogP contribution in [0.2, 0.25) is 0 Å². The Labute approximate surface area is 104 Å². The Morgan fingerprint density at radius 2 is 2.24 bits per heavy atom. The van der Waals surface area contributed by atoms with Crippen LogP contribution in [0.15, 0.2) is 0 Å². The van der Waals surface area contributed by atoms with Gasteiger partial charge in [-0.3, -0.25) is 4.57 Å². The van der Waals surface area contributed by atoms with E-state index < -0.39 is 7.52 Å². The SMILES string of the molecule is CCC(CC)P(=O)(NC)OCC1CNCCO1. The first-order valence-corrected chi connectivity index (χ1v) is 8.11. The zero-order valence-corrected chi connectivity index (χ0v) is 12.0. The van der Waals surface area contributed by atoms with Crippen molar-refractivity contribution in [3.05, 3.63) is 0 Å². The van der Waals surface area contributed by atoms with Gasteiger partial charge in [0.1, 0.15) is 0 Å². The second-order valence-corrected chi connectivity index (χ2v) is 6.91. The summed E-state index contributed by atoms with van der Waals surface area (Å²) >= 11 is 0. The van der Waals surface area contributed by atoms with Gasteiger partial charge in [-0.15, -0.1) is 0 Å². The van der Waals surface area contributed by atoms with E-state index in [4.69, 9.17) is 9.26 Å². The van der Waals surface area contributed by atoms with Gasteiger partial charge in [-0.2, -0.15) is 0 Å². The molecule has 2 unspecified atom stereocenters. The Balaban J connectivity index is 2.47. The lowest BCUT2D eigenvalue weighted by Crippen LogP contribution is -2.41. The Bertz CT molecular complexity index is 253. The first-order valence-electron chi connectivity index (χ1n) is 6.41. The zero-order valence-electron chi connectivity index (χ0n) is 11.1. The average molecular weight is 264 g/mol. The van der Waals surface area contributed by atoms with Crippen molar-refractivity contribution < 1.29 is 13.8 Å². The number of hydrogen-bond donors (Lipinski definition) is 2. The van der Waals surface area contributed by atoms with Crippen LogP contribution in [0.25, 0.3) is 0 Å². The third kappa shape index (κ3) is 4.34. The van der Waals surface area contributed by atoms with Gasteiger partial charge in [-0.05, 0) is 19.9 Å². The molecular weight excluding hydrogens is 239 g/mol. The van der Waals surface area contributed by atoms with Gasteiger partial charge in [-0.1, -0.05) is 13.8 Å². The largest absolute Gasteiger partial charge is 0.373 e. The third-order valence-electron chi connectivity index (χ3n) is 3.19. The van der Waals surface area contributed by atoms with E-state index in [1.165, 1.54) is 0 Å². The maximum atomic E-state index is 12.6. The van der Waals surface area contributed by atoms with E-state index in [-0.39, 0.29) is 11.8 Å². The summed E-state index contributed by atoms with van der Waals surface area (Å²) in [7, 11) is -1.03. The fourth-order valence-electron chi connectivity index (χ4n) is 2.04. The number of nitrogens with one attached hydrogen (secondary N) is 2. The van der Waals surface area contributed by atoms with Crippen LogP contribution in [0, 0.1) is 0 Å². The van der Waals surface area contributed by atoms with Crippen molar-refractivity contribution in [2.45, 2.75) is 38.5 Å². The summed E-state index contributed by atoms with van der Waals surface area (Å²) in [4.78, 5) is 0. The monoisotopic (exact) mass is 264 g/mol. The second-order valence-electron chi connectivity index (χ2n) is 4.28. The van der Waals surface area contributed by atoms with Gasteiger partial charge in [0.2, 0.25) is 0 Å². The van der Waals surface area contributed by atoms with Gasteiger partial charge in [0.05, 0.1) is 19.3 Å². The molecule has 6 heteroatoms. The normalized spacial score (nSPS) is 24.8. The quantitative estimate of drug-likeness (QED) is 0.684. The lowest BCUT2D eigenvalue weighted by molar-refractivity contribution is -0.0000112. The summed E-state index contributed by atoms with van der Waals surface area (Å²) < 4.78 is 23.7. The lowest BCUT2D eigenvalue weighted by Gasteiger charge is -2.29. The van der Waals surface area contributed by atoms with Crippen molar-refractivity contribution in [3.8, 4) is 0 Å². The summed E-state index contributed by atoms with van der Waals surface area (Å²) in [6.45, 7) is 6.82. The molecule has 1 aliphatic heterocycles. The molecule has 0 amide bonds. The number of rotatable bonds is 7. The molecule has 1 fully saturated rings. The third-order valence-corrected chi connectivity index (χ3v) is 6.04. The van der Waals surface area contributed by atoms with E-state index in [2.05, 4.69) is 10.4 Å². The Morgan fingerprint density at radius 1 is 1.53 bits per heavy atom. The van der Waals surface area contributed by atoms with Gasteiger partial charge in [-0.25, -0.2) is 5.09 Å². The molecular formula is C11H25N2O3P. The van der Waals surface area contributed by atoms with Crippen molar-refractivity contribution in [3.63, 3.8) is 0 Å². The van der Waals surface area contributed by atoms with E-state index >= 15 is 0 Å². The highest BCUT2D eigenvalue weighted by Crippen LogP contribution is 2.50. The highest BCUT2D eigenvalue weighted by atomic mass is 31.2. The molecule has 102 valence electrons. The number of ether oxygens (including phenoxy) is 1. The zero-order chi connectivity index (χ0) is 12.7. The Hall–Kier alpha value is 0.0700. The van der Waals surface area contributed by atoms with E-state index in [1.54, 1.807) is 7.05 Å². The van der Waals surface area contributed by atoms with E-state index in [0.717, 1.165) is 25.9 Å². The highest BCUT2D eigenvalue weighted by Gasteiger charge is 2.31. The van der Waals surface area contributed by atoms with Gasteiger partial charge < -0.3 is 14.6 Å². The first-order chi connectivity index (χ1) is 8.16. The van der Waals surface area contributed by atoms with Crippen molar-refractivity contribution in [2.75, 3.05) is 33.4 Å². The highest BCUT2D eigenvalue weighted by molar-refractivity contribution is 7.57. The maximum absolute atomic E-state index is 12.6. The Kier molecular flexibility index (Phi) is 6.67. The van der Waals surface area contributed by atoms with Gasteiger partial charge in [0, 0.05) is 18.7 Å². The number of hydrogen-bond acceptors (Lipinski definition) is 4. The van der Waals surface area contributed by atoms with E-state index in [0.29, 0.717) is 13.2 Å². The molecule has 2 N–H and O–H groups in total. The minimum atomic E-state index is -2.73. The molecule has 0 radical (unpaired) electrons. The first kappa shape index (κ1) is 15.1. The topological polar surface area (TPSA) is 59.6 Å². The van der Waals surface area contributed by atoms with Crippen molar-refractivity contribution in [1.82, 2.24) is 10.4 Å². The van der Waals surface area contributed by atoms with Crippen molar-refractivity contribution in [1.29, 1.82) is 0 Å². The standard InChI is InChI=1S/C11H25N2O3P/c1-4-11(5-2)17(14,12-3)16-9-10-8-13-6-7-15-10/h10-11,13H,4-9H2,1-3H3,(H,12,14). The van der Waals surface area contributed by atoms with E-state index in [1.807, 2.05) is 13.8 Å². The molecule has 0 spiro atoms. The summed E-state index contributed by atoms with van der Waals surface area (Å²) in [6.07, 6.45) is 1.73. The molecule has 1 rings (SSSR count). The van der Waals surface area contributed by atoms with Crippen molar-refractivity contribution >= 4 is 7.52 Å². The van der Waals surface area contributed by atoms with Crippen LogP contribution in [0.1, 0.15) is 26.7 Å². The lowest BCUT2D eigenvalue weighted by atomic mass is 10.3.